The summed E-state index contributed by atoms with van der Waals surface area (Å²) in [7, 11) is 0. The van der Waals surface area contributed by atoms with Crippen molar-refractivity contribution in [2.45, 2.75) is 13.8 Å². The Morgan fingerprint density at radius 1 is 1.36 bits per heavy atom. The van der Waals surface area contributed by atoms with E-state index in [4.69, 9.17) is 17.3 Å². The van der Waals surface area contributed by atoms with Gasteiger partial charge in [0.25, 0.3) is 5.69 Å². The third-order valence-electron chi connectivity index (χ3n) is 4.09. The van der Waals surface area contributed by atoms with Crippen LogP contribution in [0.3, 0.4) is 0 Å². The largest absolute Gasteiger partial charge is 0.395 e. The molecule has 28 heavy (non-hydrogen) atoms. The van der Waals surface area contributed by atoms with E-state index in [0.717, 1.165) is 23.4 Å². The predicted octanol–water partition coefficient (Wildman–Crippen LogP) is 3.04. The molecule has 0 amide bonds. The van der Waals surface area contributed by atoms with Crippen molar-refractivity contribution in [3.8, 4) is 0 Å². The minimum absolute atomic E-state index is 0.0644. The van der Waals surface area contributed by atoms with Gasteiger partial charge in [-0.3, -0.25) is 15.5 Å². The molecule has 9 heteroatoms. The number of hydrogen-bond donors (Lipinski definition) is 3. The Bertz CT molecular complexity index is 872. The molecule has 3 N–H and O–H groups in total. The lowest BCUT2D eigenvalue weighted by atomic mass is 10.1. The summed E-state index contributed by atoms with van der Waals surface area (Å²) >= 11 is 5.14. The number of hydrazone groups is 1. The van der Waals surface area contributed by atoms with Crippen LogP contribution < -0.4 is 15.6 Å². The Hall–Kier alpha value is -3.04. The summed E-state index contributed by atoms with van der Waals surface area (Å²) in [5.74, 6) is 0. The number of rotatable bonds is 8. The number of aryl methyl sites for hydroxylation is 1. The first-order chi connectivity index (χ1) is 13.5. The number of hydrogen-bond acceptors (Lipinski definition) is 6. The van der Waals surface area contributed by atoms with Crippen LogP contribution in [0.1, 0.15) is 18.1 Å². The molecule has 0 saturated carbocycles. The van der Waals surface area contributed by atoms with Crippen LogP contribution in [0.4, 0.5) is 17.1 Å². The van der Waals surface area contributed by atoms with Gasteiger partial charge in [-0.1, -0.05) is 18.2 Å². The minimum atomic E-state index is -0.477. The van der Waals surface area contributed by atoms with Gasteiger partial charge in [-0.15, -0.1) is 0 Å². The Morgan fingerprint density at radius 2 is 2.11 bits per heavy atom. The van der Waals surface area contributed by atoms with Crippen LogP contribution in [0.2, 0.25) is 0 Å². The molecule has 0 aromatic heterocycles. The van der Waals surface area contributed by atoms with Crippen molar-refractivity contribution in [1.29, 1.82) is 0 Å². The van der Waals surface area contributed by atoms with Crippen molar-refractivity contribution < 1.29 is 10.0 Å². The zero-order chi connectivity index (χ0) is 20.5. The van der Waals surface area contributed by atoms with Crippen LogP contribution in [-0.4, -0.2) is 41.1 Å². The van der Waals surface area contributed by atoms with E-state index in [9.17, 15) is 10.1 Å². The van der Waals surface area contributed by atoms with Crippen LogP contribution >= 0.6 is 12.2 Å². The first-order valence-corrected chi connectivity index (χ1v) is 9.17. The fourth-order valence-electron chi connectivity index (χ4n) is 2.64. The maximum Gasteiger partial charge on any atom is 0.292 e. The number of likely N-dealkylation sites (N-methyl/N-ethyl adjacent to an activating group) is 1. The van der Waals surface area contributed by atoms with E-state index in [0.29, 0.717) is 12.2 Å². The van der Waals surface area contributed by atoms with Gasteiger partial charge in [-0.25, -0.2) is 0 Å². The molecular formula is C19H23N5O3S. The second-order valence-corrected chi connectivity index (χ2v) is 6.35. The van der Waals surface area contributed by atoms with Gasteiger partial charge in [0.15, 0.2) is 5.11 Å². The average molecular weight is 401 g/mol. The normalized spacial score (nSPS) is 10.7. The van der Waals surface area contributed by atoms with E-state index in [-0.39, 0.29) is 17.4 Å². The van der Waals surface area contributed by atoms with Crippen LogP contribution in [-0.2, 0) is 0 Å². The summed E-state index contributed by atoms with van der Waals surface area (Å²) in [5, 5.41) is 27.2. The van der Waals surface area contributed by atoms with Crippen LogP contribution in [0.25, 0.3) is 0 Å². The molecule has 8 nitrogen and oxygen atoms in total. The molecule has 0 aliphatic heterocycles. The number of nitrogens with one attached hydrogen (secondary N) is 2. The number of nitrogens with zero attached hydrogens (tertiary/aromatic N) is 3. The van der Waals surface area contributed by atoms with Crippen LogP contribution in [0, 0.1) is 17.0 Å². The molecule has 148 valence electrons. The smallest absolute Gasteiger partial charge is 0.292 e. The lowest BCUT2D eigenvalue weighted by molar-refractivity contribution is -0.383. The Kier molecular flexibility index (Phi) is 7.85. The monoisotopic (exact) mass is 401 g/mol. The fraction of sp³-hybridized carbons (Fsp3) is 0.263. The highest BCUT2D eigenvalue weighted by molar-refractivity contribution is 7.80. The second kappa shape index (κ2) is 10.3. The average Bonchev–Trinajstić information content (AvgIpc) is 2.67. The number of nitro groups is 1. The minimum Gasteiger partial charge on any atom is -0.395 e. The van der Waals surface area contributed by atoms with Crippen molar-refractivity contribution in [2.24, 2.45) is 5.10 Å². The molecule has 0 fully saturated rings. The van der Waals surface area contributed by atoms with E-state index >= 15 is 0 Å². The van der Waals surface area contributed by atoms with Gasteiger partial charge in [-0.2, -0.15) is 5.10 Å². The van der Waals surface area contributed by atoms with E-state index in [1.54, 1.807) is 24.4 Å². The molecule has 0 aliphatic carbocycles. The third kappa shape index (κ3) is 5.73. The van der Waals surface area contributed by atoms with E-state index < -0.39 is 4.92 Å². The number of benzene rings is 2. The summed E-state index contributed by atoms with van der Waals surface area (Å²) in [4.78, 5) is 12.6. The molecule has 0 atom stereocenters. The van der Waals surface area contributed by atoms with Crippen molar-refractivity contribution in [3.05, 3.63) is 63.7 Å². The first kappa shape index (κ1) is 21.3. The molecule has 0 heterocycles. The molecular weight excluding hydrogens is 378 g/mol. The van der Waals surface area contributed by atoms with Crippen LogP contribution in [0.15, 0.2) is 47.6 Å². The number of nitro benzene ring substituents is 1. The zero-order valence-corrected chi connectivity index (χ0v) is 16.6. The molecule has 0 spiro atoms. The van der Waals surface area contributed by atoms with Crippen molar-refractivity contribution in [3.63, 3.8) is 0 Å². The van der Waals surface area contributed by atoms with Crippen molar-refractivity contribution >= 4 is 40.6 Å². The van der Waals surface area contributed by atoms with Crippen molar-refractivity contribution in [2.75, 3.05) is 29.9 Å². The summed E-state index contributed by atoms with van der Waals surface area (Å²) < 4.78 is 0. The van der Waals surface area contributed by atoms with E-state index in [2.05, 4.69) is 20.7 Å². The fourth-order valence-corrected chi connectivity index (χ4v) is 2.80. The summed E-state index contributed by atoms with van der Waals surface area (Å²) in [6, 6.07) is 12.2. The molecule has 0 aliphatic rings. The van der Waals surface area contributed by atoms with Crippen molar-refractivity contribution in [1.82, 2.24) is 5.43 Å². The Labute approximate surface area is 169 Å². The van der Waals surface area contributed by atoms with Crippen LogP contribution in [0.5, 0.6) is 0 Å². The maximum absolute atomic E-state index is 11.0. The van der Waals surface area contributed by atoms with Gasteiger partial charge in [0.2, 0.25) is 0 Å². The van der Waals surface area contributed by atoms with E-state index in [1.165, 1.54) is 6.07 Å². The zero-order valence-electron chi connectivity index (χ0n) is 15.8. The molecule has 2 rings (SSSR count). The first-order valence-electron chi connectivity index (χ1n) is 8.76. The quantitative estimate of drug-likeness (QED) is 0.270. The maximum atomic E-state index is 11.0. The standard InChI is InChI=1S/C19H23N5O3S/c1-3-23(10-11-25)16-9-8-15(14(2)12-16)13-20-22-19(28)21-17-6-4-5-7-18(17)24(26)27/h4-9,12-13,25H,3,10-11H2,1-2H3,(H2,21,22,28)/b20-13-. The highest BCUT2D eigenvalue weighted by Gasteiger charge is 2.12. The molecule has 0 unspecified atom stereocenters. The Morgan fingerprint density at radius 3 is 2.75 bits per heavy atom. The molecule has 2 aromatic rings. The number of aliphatic hydroxyl groups is 1. The molecule has 0 bridgehead atoms. The number of aliphatic hydroxyl groups excluding tert-OH is 1. The third-order valence-corrected chi connectivity index (χ3v) is 4.28. The lowest BCUT2D eigenvalue weighted by Gasteiger charge is -2.22. The van der Waals surface area contributed by atoms with Gasteiger partial charge < -0.3 is 15.3 Å². The topological polar surface area (TPSA) is 103 Å². The number of thiocarbonyl (C=S) groups is 1. The lowest BCUT2D eigenvalue weighted by Crippen LogP contribution is -2.26. The predicted molar refractivity (Wildman–Crippen MR) is 116 cm³/mol. The molecule has 0 radical (unpaired) electrons. The molecule has 0 saturated heterocycles. The Balaban J connectivity index is 2.01. The van der Waals surface area contributed by atoms with Gasteiger partial charge in [0.05, 0.1) is 17.7 Å². The van der Waals surface area contributed by atoms with Gasteiger partial charge >= 0.3 is 0 Å². The number of para-hydroxylation sites is 2. The van der Waals surface area contributed by atoms with Gasteiger partial charge in [0, 0.05) is 24.8 Å². The van der Waals surface area contributed by atoms with E-state index in [1.807, 2.05) is 32.0 Å². The SMILES string of the molecule is CCN(CCO)c1ccc(/C=N\NC(=S)Nc2ccccc2[N+](=O)[O-])c(C)c1. The van der Waals surface area contributed by atoms with Gasteiger partial charge in [0.1, 0.15) is 5.69 Å². The molecule has 2 aromatic carbocycles. The second-order valence-electron chi connectivity index (χ2n) is 5.94. The van der Waals surface area contributed by atoms with Gasteiger partial charge in [-0.05, 0) is 55.4 Å². The number of anilines is 2. The highest BCUT2D eigenvalue weighted by atomic mass is 32.1. The summed E-state index contributed by atoms with van der Waals surface area (Å²) in [5.41, 5.74) is 5.86. The summed E-state index contributed by atoms with van der Waals surface area (Å²) in [6.45, 7) is 5.50. The highest BCUT2D eigenvalue weighted by Crippen LogP contribution is 2.23. The summed E-state index contributed by atoms with van der Waals surface area (Å²) in [6.07, 6.45) is 1.63.